The maximum absolute atomic E-state index is 14.2. The van der Waals surface area contributed by atoms with Gasteiger partial charge in [0.05, 0.1) is 17.9 Å². The molecule has 0 saturated carbocycles. The Labute approximate surface area is 273 Å². The van der Waals surface area contributed by atoms with Crippen molar-refractivity contribution in [3.05, 3.63) is 76.5 Å². The second-order valence-corrected chi connectivity index (χ2v) is 13.1. The van der Waals surface area contributed by atoms with Crippen LogP contribution >= 0.6 is 0 Å². The quantitative estimate of drug-likeness (QED) is 0.239. The van der Waals surface area contributed by atoms with Crippen LogP contribution in [0.2, 0.25) is 0 Å². The zero-order valence-electron chi connectivity index (χ0n) is 27.2. The minimum Gasteiger partial charge on any atom is -0.478 e. The summed E-state index contributed by atoms with van der Waals surface area (Å²) in [6, 6.07) is 7.40. The lowest BCUT2D eigenvalue weighted by molar-refractivity contribution is -0.133. The third kappa shape index (κ3) is 9.35. The number of hydrogen-bond donors (Lipinski definition) is 4. The second-order valence-electron chi connectivity index (χ2n) is 13.1. The third-order valence-corrected chi connectivity index (χ3v) is 8.18. The smallest absolute Gasteiger partial charge is 0.335 e. The molecule has 2 aliphatic heterocycles. The van der Waals surface area contributed by atoms with E-state index in [0.717, 1.165) is 49.8 Å². The van der Waals surface area contributed by atoms with Crippen molar-refractivity contribution in [2.75, 3.05) is 45.2 Å². The number of urea groups is 2. The number of carboxylic acids is 1. The van der Waals surface area contributed by atoms with Gasteiger partial charge in [-0.1, -0.05) is 39.0 Å². The molecule has 2 aliphatic rings. The Hall–Kier alpha value is -4.36. The molecule has 0 aromatic heterocycles. The van der Waals surface area contributed by atoms with Crippen LogP contribution in [0.25, 0.3) is 0 Å². The van der Waals surface area contributed by atoms with E-state index in [-0.39, 0.29) is 35.7 Å². The first kappa shape index (κ1) is 35.5. The van der Waals surface area contributed by atoms with Crippen molar-refractivity contribution < 1.29 is 37.8 Å². The molecule has 2 heterocycles. The standard InChI is InChI=1S/C34H43F2N5O6/c1-34(2,3)19-28(42)38-24-8-5-7-22(17-24)21-11-15-40(16-12-21)14-6-13-37-32(45)41-30(23-9-10-25(35)26(36)18-23)29(31(43)44)27(20-47-4)39-33(41)46/h5,7-10,17-18,21,30H,6,11-16,19-20H2,1-4H3,(H,37,45)(H,38,42)(H,39,46)(H,43,44). The molecular formula is C34H43F2N5O6. The number of benzene rings is 2. The van der Waals surface area contributed by atoms with Crippen molar-refractivity contribution >= 4 is 29.6 Å². The van der Waals surface area contributed by atoms with Crippen LogP contribution in [0.3, 0.4) is 0 Å². The van der Waals surface area contributed by atoms with Gasteiger partial charge in [0.15, 0.2) is 11.6 Å². The fourth-order valence-corrected chi connectivity index (χ4v) is 6.01. The molecule has 13 heteroatoms. The van der Waals surface area contributed by atoms with Gasteiger partial charge in [-0.3, -0.25) is 4.79 Å². The van der Waals surface area contributed by atoms with Crippen LogP contribution in [0.1, 0.15) is 69.5 Å². The minimum absolute atomic E-state index is 0.00742. The number of methoxy groups -OCH3 is 1. The number of nitrogens with zero attached hydrogens (tertiary/aromatic N) is 2. The summed E-state index contributed by atoms with van der Waals surface area (Å²) in [6.45, 7) is 8.38. The van der Waals surface area contributed by atoms with E-state index < -0.39 is 41.3 Å². The van der Waals surface area contributed by atoms with E-state index in [0.29, 0.717) is 30.2 Å². The van der Waals surface area contributed by atoms with Crippen molar-refractivity contribution in [3.63, 3.8) is 0 Å². The van der Waals surface area contributed by atoms with E-state index in [1.165, 1.54) is 12.7 Å². The number of amides is 5. The third-order valence-electron chi connectivity index (χ3n) is 8.18. The molecule has 1 unspecified atom stereocenters. The van der Waals surface area contributed by atoms with Crippen molar-refractivity contribution in [2.45, 2.75) is 58.4 Å². The lowest BCUT2D eigenvalue weighted by Gasteiger charge is -2.36. The number of rotatable bonds is 11. The predicted molar refractivity (Wildman–Crippen MR) is 172 cm³/mol. The molecule has 2 aromatic rings. The fraction of sp³-hybridized carbons (Fsp3) is 0.471. The lowest BCUT2D eigenvalue weighted by atomic mass is 9.89. The summed E-state index contributed by atoms with van der Waals surface area (Å²) in [6.07, 6.45) is 2.87. The number of hydrogen-bond acceptors (Lipinski definition) is 6. The Kier molecular flexibility index (Phi) is 11.7. The SMILES string of the molecule is COCC1=C(C(=O)O)C(c2ccc(F)c(F)c2)N(C(=O)NCCCN2CCC(c3cccc(NC(=O)CC(C)(C)C)c3)CC2)C(=O)N1. The summed E-state index contributed by atoms with van der Waals surface area (Å²) in [5.41, 5.74) is 1.31. The molecule has 1 fully saturated rings. The van der Waals surface area contributed by atoms with E-state index in [9.17, 15) is 33.1 Å². The number of likely N-dealkylation sites (tertiary alicyclic amines) is 1. The normalized spacial score (nSPS) is 17.8. The van der Waals surface area contributed by atoms with Crippen LogP contribution in [0.15, 0.2) is 53.7 Å². The van der Waals surface area contributed by atoms with E-state index in [2.05, 4.69) is 26.9 Å². The number of carbonyl (C=O) groups excluding carboxylic acids is 3. The fourth-order valence-electron chi connectivity index (χ4n) is 6.01. The number of halogens is 2. The highest BCUT2D eigenvalue weighted by Gasteiger charge is 2.42. The van der Waals surface area contributed by atoms with Gasteiger partial charge in [0, 0.05) is 25.8 Å². The zero-order chi connectivity index (χ0) is 34.3. The van der Waals surface area contributed by atoms with E-state index >= 15 is 0 Å². The van der Waals surface area contributed by atoms with Gasteiger partial charge in [0.1, 0.15) is 6.04 Å². The number of anilines is 1. The molecule has 5 amide bonds. The van der Waals surface area contributed by atoms with E-state index in [1.807, 2.05) is 39.0 Å². The number of ether oxygens (including phenoxy) is 1. The molecule has 1 saturated heterocycles. The number of aliphatic carboxylic acids is 1. The van der Waals surface area contributed by atoms with Crippen LogP contribution < -0.4 is 16.0 Å². The van der Waals surface area contributed by atoms with E-state index in [4.69, 9.17) is 4.74 Å². The van der Waals surface area contributed by atoms with Gasteiger partial charge in [-0.25, -0.2) is 28.1 Å². The summed E-state index contributed by atoms with van der Waals surface area (Å²) in [5, 5.41) is 18.1. The molecular weight excluding hydrogens is 612 g/mol. The van der Waals surface area contributed by atoms with Crippen molar-refractivity contribution in [1.29, 1.82) is 0 Å². The van der Waals surface area contributed by atoms with Crippen LogP contribution in [0.4, 0.5) is 24.1 Å². The Bertz CT molecular complexity index is 1520. The number of nitrogens with one attached hydrogen (secondary N) is 3. The molecule has 11 nitrogen and oxygen atoms in total. The Morgan fingerprint density at radius 3 is 2.40 bits per heavy atom. The van der Waals surface area contributed by atoms with E-state index in [1.54, 1.807) is 0 Å². The van der Waals surface area contributed by atoms with Gasteiger partial charge in [-0.05, 0) is 85.6 Å². The van der Waals surface area contributed by atoms with Crippen LogP contribution in [-0.2, 0) is 14.3 Å². The number of carbonyl (C=O) groups is 4. The Morgan fingerprint density at radius 2 is 1.77 bits per heavy atom. The Balaban J connectivity index is 1.32. The molecule has 2 aromatic carbocycles. The molecule has 0 radical (unpaired) electrons. The van der Waals surface area contributed by atoms with Gasteiger partial charge in [0.2, 0.25) is 5.91 Å². The topological polar surface area (TPSA) is 140 Å². The van der Waals surface area contributed by atoms with Crippen LogP contribution in [0, 0.1) is 17.0 Å². The summed E-state index contributed by atoms with van der Waals surface area (Å²) in [7, 11) is 1.31. The molecule has 1 atom stereocenters. The van der Waals surface area contributed by atoms with Gasteiger partial charge in [0.25, 0.3) is 0 Å². The molecule has 0 bridgehead atoms. The van der Waals surface area contributed by atoms with Crippen molar-refractivity contribution in [3.8, 4) is 0 Å². The molecule has 254 valence electrons. The van der Waals surface area contributed by atoms with Gasteiger partial charge in [-0.2, -0.15) is 0 Å². The highest BCUT2D eigenvalue weighted by molar-refractivity contribution is 6.01. The first-order chi connectivity index (χ1) is 22.3. The number of imide groups is 1. The first-order valence-corrected chi connectivity index (χ1v) is 15.7. The molecule has 0 spiro atoms. The average molecular weight is 656 g/mol. The first-order valence-electron chi connectivity index (χ1n) is 15.7. The maximum Gasteiger partial charge on any atom is 0.335 e. The number of piperidine rings is 1. The maximum atomic E-state index is 14.2. The van der Waals surface area contributed by atoms with Gasteiger partial charge >= 0.3 is 18.0 Å². The predicted octanol–water partition coefficient (Wildman–Crippen LogP) is 5.37. The average Bonchev–Trinajstić information content (AvgIpc) is 2.99. The number of carboxylic acid groups (broad SMARTS) is 1. The zero-order valence-corrected chi connectivity index (χ0v) is 27.2. The molecule has 4 N–H and O–H groups in total. The molecule has 4 rings (SSSR count). The van der Waals surface area contributed by atoms with Gasteiger partial charge in [-0.15, -0.1) is 0 Å². The summed E-state index contributed by atoms with van der Waals surface area (Å²) in [5.74, 6) is -3.50. The van der Waals surface area contributed by atoms with Crippen LogP contribution in [0.5, 0.6) is 0 Å². The highest BCUT2D eigenvalue weighted by atomic mass is 19.2. The summed E-state index contributed by atoms with van der Waals surface area (Å²) in [4.78, 5) is 54.0. The Morgan fingerprint density at radius 1 is 1.04 bits per heavy atom. The second kappa shape index (κ2) is 15.5. The summed E-state index contributed by atoms with van der Waals surface area (Å²) >= 11 is 0. The monoisotopic (exact) mass is 655 g/mol. The minimum atomic E-state index is -1.52. The largest absolute Gasteiger partial charge is 0.478 e. The molecule has 0 aliphatic carbocycles. The highest BCUT2D eigenvalue weighted by Crippen LogP contribution is 2.35. The van der Waals surface area contributed by atoms with Crippen molar-refractivity contribution in [1.82, 2.24) is 20.4 Å². The van der Waals surface area contributed by atoms with Crippen LogP contribution in [-0.4, -0.2) is 78.7 Å². The van der Waals surface area contributed by atoms with Gasteiger partial charge < -0.3 is 30.7 Å². The summed E-state index contributed by atoms with van der Waals surface area (Å²) < 4.78 is 32.9. The van der Waals surface area contributed by atoms with Crippen molar-refractivity contribution in [2.24, 2.45) is 5.41 Å². The molecule has 47 heavy (non-hydrogen) atoms. The lowest BCUT2D eigenvalue weighted by Crippen LogP contribution is -2.55.